The van der Waals surface area contributed by atoms with Crippen molar-refractivity contribution in [3.05, 3.63) is 12.2 Å². The summed E-state index contributed by atoms with van der Waals surface area (Å²) in [6.07, 6.45) is 6.22. The van der Waals surface area contributed by atoms with Gasteiger partial charge in [0.15, 0.2) is 0 Å². The second-order valence-electron chi connectivity index (χ2n) is 4.18. The third-order valence-electron chi connectivity index (χ3n) is 2.80. The van der Waals surface area contributed by atoms with E-state index in [1.807, 2.05) is 0 Å². The van der Waals surface area contributed by atoms with Crippen molar-refractivity contribution in [3.8, 4) is 0 Å². The number of hydrogen-bond acceptors (Lipinski definition) is 4. The Morgan fingerprint density at radius 3 is 2.19 bits per heavy atom. The first-order valence-electron chi connectivity index (χ1n) is 5.58. The van der Waals surface area contributed by atoms with Gasteiger partial charge in [0.25, 0.3) is 0 Å². The summed E-state index contributed by atoms with van der Waals surface area (Å²) in [7, 11) is 1.26. The van der Waals surface area contributed by atoms with Gasteiger partial charge in [-0.05, 0) is 31.6 Å². The van der Waals surface area contributed by atoms with E-state index in [4.69, 9.17) is 4.74 Å². The lowest BCUT2D eigenvalue weighted by Crippen LogP contribution is -2.22. The van der Waals surface area contributed by atoms with Crippen LogP contribution in [0.4, 0.5) is 0 Å². The molecule has 0 amide bonds. The average molecular weight is 226 g/mol. The van der Waals surface area contributed by atoms with Crippen molar-refractivity contribution in [2.45, 2.75) is 38.7 Å². The van der Waals surface area contributed by atoms with Crippen LogP contribution in [0.1, 0.15) is 32.6 Å². The molecule has 0 saturated heterocycles. The summed E-state index contributed by atoms with van der Waals surface area (Å²) in [4.78, 5) is 22.0. The Morgan fingerprint density at radius 1 is 1.06 bits per heavy atom. The number of carbonyl (C=O) groups is 2. The SMILES string of the molecule is COC(=O)/C=C/C(=O)OC1CCC(C)CC1. The number of rotatable bonds is 3. The van der Waals surface area contributed by atoms with E-state index < -0.39 is 11.9 Å². The maximum absolute atomic E-state index is 11.3. The van der Waals surface area contributed by atoms with E-state index in [0.717, 1.165) is 43.8 Å². The van der Waals surface area contributed by atoms with E-state index in [2.05, 4.69) is 11.7 Å². The van der Waals surface area contributed by atoms with Gasteiger partial charge in [-0.25, -0.2) is 9.59 Å². The first kappa shape index (κ1) is 12.7. The molecule has 4 nitrogen and oxygen atoms in total. The number of hydrogen-bond donors (Lipinski definition) is 0. The largest absolute Gasteiger partial charge is 0.466 e. The van der Waals surface area contributed by atoms with Crippen molar-refractivity contribution in [2.24, 2.45) is 5.92 Å². The van der Waals surface area contributed by atoms with Gasteiger partial charge < -0.3 is 9.47 Å². The minimum absolute atomic E-state index is 0.00555. The lowest BCUT2D eigenvalue weighted by Gasteiger charge is -2.25. The summed E-state index contributed by atoms with van der Waals surface area (Å²) in [6, 6.07) is 0. The summed E-state index contributed by atoms with van der Waals surface area (Å²) in [5.74, 6) is -0.292. The highest BCUT2D eigenvalue weighted by Crippen LogP contribution is 2.25. The van der Waals surface area contributed by atoms with Crippen LogP contribution in [0.25, 0.3) is 0 Å². The molecule has 4 heteroatoms. The van der Waals surface area contributed by atoms with Crippen molar-refractivity contribution >= 4 is 11.9 Å². The standard InChI is InChI=1S/C12H18O4/c1-9-3-5-10(6-4-9)16-12(14)8-7-11(13)15-2/h7-10H,3-6H2,1-2H3/b8-7+. The van der Waals surface area contributed by atoms with Gasteiger partial charge in [0, 0.05) is 12.2 Å². The van der Waals surface area contributed by atoms with Crippen LogP contribution in [0.3, 0.4) is 0 Å². The van der Waals surface area contributed by atoms with Crippen molar-refractivity contribution in [2.75, 3.05) is 7.11 Å². The van der Waals surface area contributed by atoms with E-state index in [1.54, 1.807) is 0 Å². The van der Waals surface area contributed by atoms with Crippen molar-refractivity contribution < 1.29 is 19.1 Å². The maximum Gasteiger partial charge on any atom is 0.331 e. The molecule has 0 aromatic rings. The van der Waals surface area contributed by atoms with Crippen LogP contribution in [-0.4, -0.2) is 25.2 Å². The minimum Gasteiger partial charge on any atom is -0.466 e. The zero-order valence-electron chi connectivity index (χ0n) is 9.77. The predicted molar refractivity (Wildman–Crippen MR) is 58.7 cm³/mol. The highest BCUT2D eigenvalue weighted by atomic mass is 16.5. The zero-order valence-corrected chi connectivity index (χ0v) is 9.77. The van der Waals surface area contributed by atoms with Crippen molar-refractivity contribution in [1.82, 2.24) is 0 Å². The monoisotopic (exact) mass is 226 g/mol. The molecule has 1 saturated carbocycles. The van der Waals surface area contributed by atoms with Crippen LogP contribution in [-0.2, 0) is 19.1 Å². The molecule has 0 radical (unpaired) electrons. The molecular formula is C12H18O4. The summed E-state index contributed by atoms with van der Waals surface area (Å²) in [6.45, 7) is 2.20. The molecule has 0 aromatic carbocycles. The van der Waals surface area contributed by atoms with Crippen LogP contribution in [0.15, 0.2) is 12.2 Å². The highest BCUT2D eigenvalue weighted by Gasteiger charge is 2.20. The molecule has 0 aliphatic heterocycles. The van der Waals surface area contributed by atoms with E-state index in [-0.39, 0.29) is 6.10 Å². The Bertz CT molecular complexity index is 275. The number of carbonyl (C=O) groups excluding carboxylic acids is 2. The lowest BCUT2D eigenvalue weighted by atomic mass is 9.89. The zero-order chi connectivity index (χ0) is 12.0. The van der Waals surface area contributed by atoms with Gasteiger partial charge in [0.05, 0.1) is 7.11 Å². The summed E-state index contributed by atoms with van der Waals surface area (Å²) < 4.78 is 9.57. The van der Waals surface area contributed by atoms with Gasteiger partial charge in [-0.3, -0.25) is 0 Å². The van der Waals surface area contributed by atoms with E-state index in [0.29, 0.717) is 0 Å². The summed E-state index contributed by atoms with van der Waals surface area (Å²) in [5, 5.41) is 0. The number of ether oxygens (including phenoxy) is 2. The molecule has 0 atom stereocenters. The molecule has 16 heavy (non-hydrogen) atoms. The fourth-order valence-corrected chi connectivity index (χ4v) is 1.76. The Balaban J connectivity index is 2.29. The Labute approximate surface area is 95.6 Å². The van der Waals surface area contributed by atoms with Crippen LogP contribution in [0, 0.1) is 5.92 Å². The van der Waals surface area contributed by atoms with Crippen molar-refractivity contribution in [3.63, 3.8) is 0 Å². The van der Waals surface area contributed by atoms with E-state index in [1.165, 1.54) is 7.11 Å². The Morgan fingerprint density at radius 2 is 1.62 bits per heavy atom. The van der Waals surface area contributed by atoms with Gasteiger partial charge >= 0.3 is 11.9 Å². The summed E-state index contributed by atoms with van der Waals surface area (Å²) >= 11 is 0. The van der Waals surface area contributed by atoms with Gasteiger partial charge in [-0.1, -0.05) is 6.92 Å². The van der Waals surface area contributed by atoms with Gasteiger partial charge in [0.1, 0.15) is 6.10 Å². The molecule has 0 unspecified atom stereocenters. The normalized spacial score (nSPS) is 25.4. The average Bonchev–Trinajstić information content (AvgIpc) is 2.29. The molecule has 0 spiro atoms. The first-order valence-corrected chi connectivity index (χ1v) is 5.58. The van der Waals surface area contributed by atoms with Crippen LogP contribution >= 0.6 is 0 Å². The molecule has 90 valence electrons. The molecule has 1 aliphatic carbocycles. The molecule has 1 fully saturated rings. The minimum atomic E-state index is -0.547. The molecule has 1 rings (SSSR count). The molecule has 1 aliphatic rings. The topological polar surface area (TPSA) is 52.6 Å². The fraction of sp³-hybridized carbons (Fsp3) is 0.667. The van der Waals surface area contributed by atoms with Gasteiger partial charge in [-0.2, -0.15) is 0 Å². The third-order valence-corrected chi connectivity index (χ3v) is 2.80. The molecule has 0 heterocycles. The van der Waals surface area contributed by atoms with E-state index >= 15 is 0 Å². The number of methoxy groups -OCH3 is 1. The Hall–Kier alpha value is -1.32. The quantitative estimate of drug-likeness (QED) is 0.544. The van der Waals surface area contributed by atoms with Crippen LogP contribution in [0.5, 0.6) is 0 Å². The molecule has 0 N–H and O–H groups in total. The predicted octanol–water partition coefficient (Wildman–Crippen LogP) is 1.84. The van der Waals surface area contributed by atoms with E-state index in [9.17, 15) is 9.59 Å². The number of esters is 2. The van der Waals surface area contributed by atoms with Crippen LogP contribution < -0.4 is 0 Å². The second kappa shape index (κ2) is 6.30. The fourth-order valence-electron chi connectivity index (χ4n) is 1.76. The van der Waals surface area contributed by atoms with Gasteiger partial charge in [-0.15, -0.1) is 0 Å². The van der Waals surface area contributed by atoms with Gasteiger partial charge in [0.2, 0.25) is 0 Å². The molecule has 0 aromatic heterocycles. The third kappa shape index (κ3) is 4.47. The first-order chi connectivity index (χ1) is 7.61. The second-order valence-corrected chi connectivity index (χ2v) is 4.18. The molecule has 0 bridgehead atoms. The Kier molecular flexibility index (Phi) is 5.02. The van der Waals surface area contributed by atoms with Crippen molar-refractivity contribution in [1.29, 1.82) is 0 Å². The smallest absolute Gasteiger partial charge is 0.331 e. The highest BCUT2D eigenvalue weighted by molar-refractivity contribution is 5.91. The summed E-state index contributed by atoms with van der Waals surface area (Å²) in [5.41, 5.74) is 0. The molecular weight excluding hydrogens is 208 g/mol. The lowest BCUT2D eigenvalue weighted by molar-refractivity contribution is -0.145. The maximum atomic E-state index is 11.3. The van der Waals surface area contributed by atoms with Crippen LogP contribution in [0.2, 0.25) is 0 Å².